The molecule has 0 bridgehead atoms. The van der Waals surface area contributed by atoms with Crippen LogP contribution in [0.4, 0.5) is 0 Å². The summed E-state index contributed by atoms with van der Waals surface area (Å²) >= 11 is 7.51. The van der Waals surface area contributed by atoms with Gasteiger partial charge in [-0.2, -0.15) is 5.10 Å². The zero-order valence-electron chi connectivity index (χ0n) is 11.8. The van der Waals surface area contributed by atoms with Gasteiger partial charge in [0, 0.05) is 28.6 Å². The van der Waals surface area contributed by atoms with Crippen LogP contribution in [0.2, 0.25) is 0 Å². The van der Waals surface area contributed by atoms with Crippen LogP contribution in [-0.4, -0.2) is 14.9 Å². The average molecular weight is 321 g/mol. The molecule has 2 aromatic rings. The molecule has 1 aliphatic rings. The van der Waals surface area contributed by atoms with Crippen LogP contribution in [0.15, 0.2) is 23.1 Å². The fourth-order valence-electron chi connectivity index (χ4n) is 2.50. The van der Waals surface area contributed by atoms with Crippen molar-refractivity contribution in [1.29, 1.82) is 0 Å². The molecule has 0 fully saturated rings. The molecule has 21 heavy (non-hydrogen) atoms. The third kappa shape index (κ3) is 3.11. The number of aryl methyl sites for hydroxylation is 1. The number of hydrogen-bond acceptors (Lipinski definition) is 3. The van der Waals surface area contributed by atoms with Gasteiger partial charge in [-0.3, -0.25) is 4.68 Å². The molecule has 0 atom stereocenters. The van der Waals surface area contributed by atoms with Crippen LogP contribution >= 0.6 is 23.4 Å². The summed E-state index contributed by atoms with van der Waals surface area (Å²) in [7, 11) is 1.93. The lowest BCUT2D eigenvalue weighted by molar-refractivity contribution is 0.468. The Bertz CT molecular complexity index is 782. The molecular formula is C16H17ClN2OS. The second-order valence-corrected chi connectivity index (χ2v) is 6.42. The molecular weight excluding hydrogens is 304 g/mol. The lowest BCUT2D eigenvalue weighted by Crippen LogP contribution is -2.26. The highest BCUT2D eigenvalue weighted by molar-refractivity contribution is 7.98. The number of hydrogen-bond donors (Lipinski definition) is 1. The second kappa shape index (κ2) is 6.16. The molecule has 0 aliphatic heterocycles. The van der Waals surface area contributed by atoms with Crippen LogP contribution in [-0.2, 0) is 18.7 Å². The first-order chi connectivity index (χ1) is 10.2. The predicted molar refractivity (Wildman–Crippen MR) is 87.8 cm³/mol. The molecule has 0 saturated heterocycles. The van der Waals surface area contributed by atoms with Gasteiger partial charge in [-0.05, 0) is 36.3 Å². The van der Waals surface area contributed by atoms with Crippen molar-refractivity contribution in [3.8, 4) is 5.75 Å². The minimum atomic E-state index is 0.373. The van der Waals surface area contributed by atoms with Crippen LogP contribution in [0.1, 0.15) is 24.2 Å². The van der Waals surface area contributed by atoms with Gasteiger partial charge < -0.3 is 5.11 Å². The van der Waals surface area contributed by atoms with E-state index < -0.39 is 0 Å². The molecule has 1 N–H and O–H groups in total. The monoisotopic (exact) mass is 320 g/mol. The molecule has 5 heteroatoms. The van der Waals surface area contributed by atoms with Gasteiger partial charge >= 0.3 is 0 Å². The minimum absolute atomic E-state index is 0.373. The number of alkyl halides is 1. The van der Waals surface area contributed by atoms with E-state index in [1.165, 1.54) is 0 Å². The maximum atomic E-state index is 10.1. The van der Waals surface area contributed by atoms with Crippen LogP contribution in [0.3, 0.4) is 0 Å². The number of aromatic nitrogens is 2. The van der Waals surface area contributed by atoms with Gasteiger partial charge in [0.2, 0.25) is 0 Å². The van der Waals surface area contributed by atoms with Crippen molar-refractivity contribution in [3.63, 3.8) is 0 Å². The van der Waals surface area contributed by atoms with E-state index in [0.29, 0.717) is 11.6 Å². The normalized spacial score (nSPS) is 13.4. The summed E-state index contributed by atoms with van der Waals surface area (Å²) in [6.45, 7) is 0. The predicted octanol–water partition coefficient (Wildman–Crippen LogP) is 2.51. The van der Waals surface area contributed by atoms with Crippen LogP contribution in [0, 0.1) is 0 Å². The zero-order valence-corrected chi connectivity index (χ0v) is 13.4. The molecule has 3 rings (SSSR count). The first-order valence-electron chi connectivity index (χ1n) is 6.91. The molecule has 0 saturated carbocycles. The van der Waals surface area contributed by atoms with E-state index in [1.807, 2.05) is 23.9 Å². The average Bonchev–Trinajstić information content (AvgIpc) is 2.86. The molecule has 1 aromatic heterocycles. The number of phenols is 1. The molecule has 3 nitrogen and oxygen atoms in total. The molecule has 0 amide bonds. The van der Waals surface area contributed by atoms with E-state index in [-0.39, 0.29) is 0 Å². The Kier molecular flexibility index (Phi) is 4.27. The van der Waals surface area contributed by atoms with Crippen molar-refractivity contribution in [2.24, 2.45) is 7.05 Å². The number of fused-ring (bicyclic) bond motifs is 1. The summed E-state index contributed by atoms with van der Waals surface area (Å²) in [5, 5.41) is 16.6. The number of nitrogens with zero attached hydrogens (tertiary/aromatic N) is 2. The number of phenolic OH excluding ortho intramolecular Hbond substituents is 1. The smallest absolute Gasteiger partial charge is 0.124 e. The number of halogens is 1. The fourth-order valence-corrected chi connectivity index (χ4v) is 3.62. The fraction of sp³-hybridized carbons (Fsp3) is 0.312. The van der Waals surface area contributed by atoms with Crippen LogP contribution in [0.5, 0.6) is 5.75 Å². The number of thioether (sulfide) groups is 1. The quantitative estimate of drug-likeness (QED) is 0.695. The van der Waals surface area contributed by atoms with E-state index in [1.54, 1.807) is 11.8 Å². The Hall–Kier alpha value is -1.39. The summed E-state index contributed by atoms with van der Waals surface area (Å²) in [5.41, 5.74) is 2.02. The first-order valence-corrected chi connectivity index (χ1v) is 8.43. The maximum Gasteiger partial charge on any atom is 0.124 e. The van der Waals surface area contributed by atoms with Crippen molar-refractivity contribution in [2.75, 3.05) is 0 Å². The van der Waals surface area contributed by atoms with E-state index in [2.05, 4.69) is 23.3 Å². The second-order valence-electron chi connectivity index (χ2n) is 5.10. The van der Waals surface area contributed by atoms with Gasteiger partial charge in [-0.15, -0.1) is 23.4 Å². The molecule has 0 unspecified atom stereocenters. The summed E-state index contributed by atoms with van der Waals surface area (Å²) in [4.78, 5) is 1.08. The Balaban J connectivity index is 1.83. The number of benzene rings is 1. The summed E-state index contributed by atoms with van der Waals surface area (Å²) in [6.07, 6.45) is 6.34. The highest BCUT2D eigenvalue weighted by Gasteiger charge is 2.07. The van der Waals surface area contributed by atoms with Gasteiger partial charge in [-0.1, -0.05) is 12.2 Å². The highest BCUT2D eigenvalue weighted by Crippen LogP contribution is 2.24. The van der Waals surface area contributed by atoms with Crippen LogP contribution < -0.4 is 10.4 Å². The van der Waals surface area contributed by atoms with E-state index in [0.717, 1.165) is 45.3 Å². The lowest BCUT2D eigenvalue weighted by Gasteiger charge is -2.07. The van der Waals surface area contributed by atoms with E-state index >= 15 is 0 Å². The third-order valence-electron chi connectivity index (χ3n) is 3.59. The van der Waals surface area contributed by atoms with Crippen molar-refractivity contribution in [3.05, 3.63) is 40.0 Å². The maximum absolute atomic E-state index is 10.1. The van der Waals surface area contributed by atoms with Gasteiger partial charge in [0.15, 0.2) is 0 Å². The molecule has 1 aromatic carbocycles. The van der Waals surface area contributed by atoms with Gasteiger partial charge in [0.05, 0.1) is 11.6 Å². The Morgan fingerprint density at radius 2 is 2.10 bits per heavy atom. The van der Waals surface area contributed by atoms with E-state index in [9.17, 15) is 5.11 Å². The molecule has 110 valence electrons. The first kappa shape index (κ1) is 14.5. The summed E-state index contributed by atoms with van der Waals surface area (Å²) in [6, 6.07) is 6.02. The lowest BCUT2D eigenvalue weighted by atomic mass is 10.1. The minimum Gasteiger partial charge on any atom is -0.507 e. The Morgan fingerprint density at radius 1 is 1.29 bits per heavy atom. The third-order valence-corrected chi connectivity index (χ3v) is 4.88. The van der Waals surface area contributed by atoms with Crippen LogP contribution in [0.25, 0.3) is 12.2 Å². The Labute approximate surface area is 132 Å². The van der Waals surface area contributed by atoms with Crippen molar-refractivity contribution >= 4 is 35.5 Å². The molecule has 1 aliphatic carbocycles. The van der Waals surface area contributed by atoms with Gasteiger partial charge in [0.1, 0.15) is 5.75 Å². The SMILES string of the molecule is Cn1nc(CCl)cc1CSc1cc(O)c2c(c1)=CCCC=2. The Morgan fingerprint density at radius 3 is 2.86 bits per heavy atom. The summed E-state index contributed by atoms with van der Waals surface area (Å²) < 4.78 is 1.86. The standard InChI is InChI=1S/C16H17ClN2OS/c1-19-13(7-12(9-17)18-19)10-21-14-6-11-4-2-3-5-15(11)16(20)8-14/h4-8,20H,2-3,9-10H2,1H3. The highest BCUT2D eigenvalue weighted by atomic mass is 35.5. The van der Waals surface area contributed by atoms with Crippen molar-refractivity contribution in [2.45, 2.75) is 29.4 Å². The molecule has 0 spiro atoms. The zero-order chi connectivity index (χ0) is 14.8. The van der Waals surface area contributed by atoms with Gasteiger partial charge in [0.25, 0.3) is 0 Å². The topological polar surface area (TPSA) is 38.0 Å². The number of aromatic hydroxyl groups is 1. The number of rotatable bonds is 4. The molecule has 1 heterocycles. The van der Waals surface area contributed by atoms with Gasteiger partial charge in [-0.25, -0.2) is 0 Å². The molecule has 0 radical (unpaired) electrons. The van der Waals surface area contributed by atoms with Crippen molar-refractivity contribution < 1.29 is 5.11 Å². The van der Waals surface area contributed by atoms with Crippen molar-refractivity contribution in [1.82, 2.24) is 9.78 Å². The van der Waals surface area contributed by atoms with E-state index in [4.69, 9.17) is 11.6 Å². The largest absolute Gasteiger partial charge is 0.507 e. The summed E-state index contributed by atoms with van der Waals surface area (Å²) in [5.74, 6) is 1.61.